The van der Waals surface area contributed by atoms with Crippen molar-refractivity contribution < 1.29 is 0 Å². The Morgan fingerprint density at radius 2 is 1.65 bits per heavy atom. The van der Waals surface area contributed by atoms with Gasteiger partial charge in [-0.25, -0.2) is 0 Å². The maximum Gasteiger partial charge on any atom is 0.0283 e. The van der Waals surface area contributed by atoms with Crippen LogP contribution >= 0.6 is 0 Å². The molecule has 0 saturated carbocycles. The minimum absolute atomic E-state index is 0.178. The lowest BCUT2D eigenvalue weighted by Crippen LogP contribution is -2.55. The van der Waals surface area contributed by atoms with Crippen molar-refractivity contribution in [1.82, 2.24) is 9.80 Å². The summed E-state index contributed by atoms with van der Waals surface area (Å²) in [7, 11) is 2.21. The Labute approximate surface area is 108 Å². The van der Waals surface area contributed by atoms with Gasteiger partial charge in [0.05, 0.1) is 0 Å². The summed E-state index contributed by atoms with van der Waals surface area (Å²) in [6.45, 7) is 17.6. The van der Waals surface area contributed by atoms with Crippen LogP contribution in [0.15, 0.2) is 0 Å². The minimum atomic E-state index is 0.178. The Morgan fingerprint density at radius 3 is 2.00 bits per heavy atom. The Hall–Kier alpha value is -0.120. The largest absolute Gasteiger partial charge is 0.329 e. The van der Waals surface area contributed by atoms with E-state index in [0.29, 0.717) is 6.04 Å². The van der Waals surface area contributed by atoms with Gasteiger partial charge in [0.1, 0.15) is 0 Å². The number of hydrogen-bond acceptors (Lipinski definition) is 3. The first-order chi connectivity index (χ1) is 7.70. The van der Waals surface area contributed by atoms with E-state index in [1.54, 1.807) is 0 Å². The highest BCUT2D eigenvalue weighted by atomic mass is 15.3. The summed E-state index contributed by atoms with van der Waals surface area (Å²) in [4.78, 5) is 4.93. The summed E-state index contributed by atoms with van der Waals surface area (Å²) < 4.78 is 0. The number of likely N-dealkylation sites (N-methyl/N-ethyl adjacent to an activating group) is 1. The third-order valence-corrected chi connectivity index (χ3v) is 3.10. The molecule has 3 nitrogen and oxygen atoms in total. The molecule has 104 valence electrons. The highest BCUT2D eigenvalue weighted by molar-refractivity contribution is 4.86. The van der Waals surface area contributed by atoms with Gasteiger partial charge in [-0.05, 0) is 40.7 Å². The molecule has 3 heteroatoms. The van der Waals surface area contributed by atoms with Crippen LogP contribution in [0.1, 0.15) is 41.5 Å². The summed E-state index contributed by atoms with van der Waals surface area (Å²) in [5.74, 6) is 0.720. The fourth-order valence-corrected chi connectivity index (χ4v) is 2.84. The Bertz CT molecular complexity index is 200. The van der Waals surface area contributed by atoms with Gasteiger partial charge in [0.15, 0.2) is 0 Å². The molecule has 0 unspecified atom stereocenters. The molecule has 0 aromatic rings. The highest BCUT2D eigenvalue weighted by Gasteiger charge is 2.29. The summed E-state index contributed by atoms with van der Waals surface area (Å²) >= 11 is 0. The molecule has 0 rings (SSSR count). The van der Waals surface area contributed by atoms with Crippen molar-refractivity contribution in [2.75, 3.05) is 33.2 Å². The first-order valence-electron chi connectivity index (χ1n) is 6.86. The van der Waals surface area contributed by atoms with Crippen molar-refractivity contribution in [3.05, 3.63) is 0 Å². The number of hydrogen-bond donors (Lipinski definition) is 1. The monoisotopic (exact) mass is 243 g/mol. The molecule has 0 radical (unpaired) electrons. The Morgan fingerprint density at radius 1 is 1.12 bits per heavy atom. The lowest BCUT2D eigenvalue weighted by molar-refractivity contribution is 0.0555. The number of nitrogens with two attached hydrogens (primary N) is 1. The first-order valence-corrected chi connectivity index (χ1v) is 6.86. The van der Waals surface area contributed by atoms with Crippen molar-refractivity contribution in [1.29, 1.82) is 0 Å². The smallest absolute Gasteiger partial charge is 0.0283 e. The van der Waals surface area contributed by atoms with E-state index in [4.69, 9.17) is 5.73 Å². The normalized spacial score (nSPS) is 13.4. The van der Waals surface area contributed by atoms with Gasteiger partial charge in [0.2, 0.25) is 0 Å². The van der Waals surface area contributed by atoms with Gasteiger partial charge in [0.25, 0.3) is 0 Å². The molecule has 0 heterocycles. The Balaban J connectivity index is 4.50. The molecule has 0 aliphatic carbocycles. The highest BCUT2D eigenvalue weighted by Crippen LogP contribution is 2.18. The summed E-state index contributed by atoms with van der Waals surface area (Å²) in [6.07, 6.45) is 0. The lowest BCUT2D eigenvalue weighted by atomic mass is 9.99. The van der Waals surface area contributed by atoms with Crippen molar-refractivity contribution in [2.45, 2.75) is 53.1 Å². The third-order valence-electron chi connectivity index (χ3n) is 3.10. The maximum absolute atomic E-state index is 5.72. The van der Waals surface area contributed by atoms with Gasteiger partial charge < -0.3 is 10.6 Å². The summed E-state index contributed by atoms with van der Waals surface area (Å²) in [5.41, 5.74) is 5.90. The number of nitrogens with zero attached hydrogens (tertiary/aromatic N) is 2. The zero-order valence-electron chi connectivity index (χ0n) is 13.0. The second kappa shape index (κ2) is 7.34. The van der Waals surface area contributed by atoms with Crippen LogP contribution in [0.3, 0.4) is 0 Å². The molecular weight excluding hydrogens is 210 g/mol. The molecule has 0 fully saturated rings. The molecule has 0 spiro atoms. The molecule has 0 aliphatic rings. The van der Waals surface area contributed by atoms with Crippen molar-refractivity contribution in [2.24, 2.45) is 11.7 Å². The molecule has 0 amide bonds. The van der Waals surface area contributed by atoms with Gasteiger partial charge in [0, 0.05) is 37.8 Å². The molecule has 2 N–H and O–H groups in total. The van der Waals surface area contributed by atoms with Crippen LogP contribution in [0.25, 0.3) is 0 Å². The Kier molecular flexibility index (Phi) is 7.29. The average molecular weight is 243 g/mol. The second-order valence-electron chi connectivity index (χ2n) is 6.48. The zero-order valence-corrected chi connectivity index (χ0v) is 13.0. The van der Waals surface area contributed by atoms with E-state index >= 15 is 0 Å². The topological polar surface area (TPSA) is 32.5 Å². The van der Waals surface area contributed by atoms with Crippen LogP contribution in [0, 0.1) is 5.92 Å². The van der Waals surface area contributed by atoms with E-state index in [2.05, 4.69) is 58.4 Å². The van der Waals surface area contributed by atoms with Crippen molar-refractivity contribution in [3.8, 4) is 0 Å². The summed E-state index contributed by atoms with van der Waals surface area (Å²) in [5, 5.41) is 0. The van der Waals surface area contributed by atoms with Crippen LogP contribution in [0.2, 0.25) is 0 Å². The molecular formula is C14H33N3. The standard InChI is InChI=1S/C14H33N3/c1-12(2)10-16(7)11-14(5,6)17(9-8-15)13(3)4/h12-13H,8-11,15H2,1-7H3. The van der Waals surface area contributed by atoms with Crippen molar-refractivity contribution >= 4 is 0 Å². The minimum Gasteiger partial charge on any atom is -0.329 e. The van der Waals surface area contributed by atoms with Crippen molar-refractivity contribution in [3.63, 3.8) is 0 Å². The van der Waals surface area contributed by atoms with E-state index < -0.39 is 0 Å². The second-order valence-corrected chi connectivity index (χ2v) is 6.48. The fraction of sp³-hybridized carbons (Fsp3) is 1.00. The summed E-state index contributed by atoms with van der Waals surface area (Å²) in [6, 6.07) is 0.543. The van der Waals surface area contributed by atoms with Gasteiger partial charge in [-0.2, -0.15) is 0 Å². The molecule has 0 atom stereocenters. The van der Waals surface area contributed by atoms with Crippen LogP contribution < -0.4 is 5.73 Å². The average Bonchev–Trinajstić information content (AvgIpc) is 2.10. The predicted octanol–water partition coefficient (Wildman–Crippen LogP) is 2.02. The van der Waals surface area contributed by atoms with Gasteiger partial charge in [-0.3, -0.25) is 4.90 Å². The van der Waals surface area contributed by atoms with Crippen LogP contribution in [-0.2, 0) is 0 Å². The molecule has 0 aromatic heterocycles. The van der Waals surface area contributed by atoms with Gasteiger partial charge in [-0.1, -0.05) is 13.8 Å². The van der Waals surface area contributed by atoms with Gasteiger partial charge >= 0.3 is 0 Å². The van der Waals surface area contributed by atoms with E-state index in [1.807, 2.05) is 0 Å². The van der Waals surface area contributed by atoms with Gasteiger partial charge in [-0.15, -0.1) is 0 Å². The van der Waals surface area contributed by atoms with E-state index in [-0.39, 0.29) is 5.54 Å². The first kappa shape index (κ1) is 16.9. The molecule has 0 aliphatic heterocycles. The van der Waals surface area contributed by atoms with Crippen LogP contribution in [0.5, 0.6) is 0 Å². The third kappa shape index (κ3) is 6.39. The number of rotatable bonds is 8. The van der Waals surface area contributed by atoms with Crippen LogP contribution in [0.4, 0.5) is 0 Å². The van der Waals surface area contributed by atoms with Crippen LogP contribution in [-0.4, -0.2) is 54.6 Å². The maximum atomic E-state index is 5.72. The van der Waals surface area contributed by atoms with E-state index in [0.717, 1.165) is 32.1 Å². The molecule has 0 saturated heterocycles. The van der Waals surface area contributed by atoms with E-state index in [9.17, 15) is 0 Å². The van der Waals surface area contributed by atoms with E-state index in [1.165, 1.54) is 0 Å². The fourth-order valence-electron chi connectivity index (χ4n) is 2.84. The quantitative estimate of drug-likeness (QED) is 0.708. The predicted molar refractivity (Wildman–Crippen MR) is 77.3 cm³/mol. The lowest BCUT2D eigenvalue weighted by Gasteiger charge is -2.43. The molecule has 0 bridgehead atoms. The zero-order chi connectivity index (χ0) is 13.6. The molecule has 17 heavy (non-hydrogen) atoms. The molecule has 0 aromatic carbocycles. The SMILES string of the molecule is CC(C)CN(C)CC(C)(C)N(CCN)C(C)C.